The highest BCUT2D eigenvalue weighted by atomic mass is 19.2. The van der Waals surface area contributed by atoms with E-state index < -0.39 is 17.7 Å². The molecule has 1 aromatic rings. The van der Waals surface area contributed by atoms with Crippen LogP contribution in [0.3, 0.4) is 0 Å². The monoisotopic (exact) mass is 324 g/mol. The maximum absolute atomic E-state index is 14.2. The van der Waals surface area contributed by atoms with Gasteiger partial charge in [-0.2, -0.15) is 0 Å². The van der Waals surface area contributed by atoms with Crippen molar-refractivity contribution < 1.29 is 18.9 Å². The first-order valence-corrected chi connectivity index (χ1v) is 8.86. The molecule has 1 N–H and O–H groups in total. The van der Waals surface area contributed by atoms with Crippen molar-refractivity contribution in [3.63, 3.8) is 0 Å². The minimum atomic E-state index is -0.887. The third-order valence-electron chi connectivity index (χ3n) is 6.04. The van der Waals surface area contributed by atoms with Gasteiger partial charge in [0, 0.05) is 5.56 Å². The van der Waals surface area contributed by atoms with Crippen LogP contribution in [0, 0.1) is 36.3 Å². The molecule has 0 saturated heterocycles. The zero-order valence-corrected chi connectivity index (χ0v) is 13.7. The Morgan fingerprint density at radius 2 is 1.57 bits per heavy atom. The minimum absolute atomic E-state index is 0.0502. The Morgan fingerprint density at radius 3 is 2.17 bits per heavy atom. The van der Waals surface area contributed by atoms with E-state index in [2.05, 4.69) is 4.89 Å². The van der Waals surface area contributed by atoms with Crippen molar-refractivity contribution in [1.29, 1.82) is 0 Å². The summed E-state index contributed by atoms with van der Waals surface area (Å²) in [6, 6.07) is 3.08. The first-order chi connectivity index (χ1) is 11.1. The fourth-order valence-corrected chi connectivity index (χ4v) is 4.63. The van der Waals surface area contributed by atoms with Crippen molar-refractivity contribution in [3.8, 4) is 0 Å². The standard InChI is InChI=1S/C19H26F2O2/c1-12-6-11-16(18(21)17(12)20)19(23-22)15-9-7-14(8-10-15)13-4-2-3-5-13/h6,11,13-15,19,22H,2-5,7-10H2,1H3. The first kappa shape index (κ1) is 16.8. The van der Waals surface area contributed by atoms with Gasteiger partial charge in [0.25, 0.3) is 0 Å². The van der Waals surface area contributed by atoms with Gasteiger partial charge in [-0.1, -0.05) is 37.8 Å². The van der Waals surface area contributed by atoms with Crippen LogP contribution >= 0.6 is 0 Å². The maximum Gasteiger partial charge on any atom is 0.165 e. The van der Waals surface area contributed by atoms with Gasteiger partial charge in [-0.3, -0.25) is 5.26 Å². The van der Waals surface area contributed by atoms with E-state index in [9.17, 15) is 14.0 Å². The van der Waals surface area contributed by atoms with Crippen LogP contribution < -0.4 is 0 Å². The van der Waals surface area contributed by atoms with Crippen molar-refractivity contribution in [2.75, 3.05) is 0 Å². The Bertz CT molecular complexity index is 532. The summed E-state index contributed by atoms with van der Waals surface area (Å²) >= 11 is 0. The molecule has 2 saturated carbocycles. The van der Waals surface area contributed by atoms with Crippen molar-refractivity contribution >= 4 is 0 Å². The van der Waals surface area contributed by atoms with E-state index in [1.807, 2.05) is 0 Å². The van der Waals surface area contributed by atoms with Crippen molar-refractivity contribution in [2.24, 2.45) is 17.8 Å². The van der Waals surface area contributed by atoms with Gasteiger partial charge in [0.05, 0.1) is 0 Å². The number of halogens is 2. The number of hydrogen-bond acceptors (Lipinski definition) is 2. The van der Waals surface area contributed by atoms with E-state index in [-0.39, 0.29) is 17.0 Å². The Balaban J connectivity index is 1.69. The predicted molar refractivity (Wildman–Crippen MR) is 85.0 cm³/mol. The van der Waals surface area contributed by atoms with Gasteiger partial charge in [0.2, 0.25) is 0 Å². The molecule has 1 aromatic carbocycles. The maximum atomic E-state index is 14.2. The lowest BCUT2D eigenvalue weighted by atomic mass is 9.73. The third kappa shape index (κ3) is 3.43. The summed E-state index contributed by atoms with van der Waals surface area (Å²) in [6.07, 6.45) is 8.62. The molecule has 0 aromatic heterocycles. The van der Waals surface area contributed by atoms with E-state index >= 15 is 0 Å². The van der Waals surface area contributed by atoms with Crippen molar-refractivity contribution in [2.45, 2.75) is 64.4 Å². The van der Waals surface area contributed by atoms with Crippen molar-refractivity contribution in [3.05, 3.63) is 34.9 Å². The molecule has 128 valence electrons. The Morgan fingerprint density at radius 1 is 0.957 bits per heavy atom. The van der Waals surface area contributed by atoms with Crippen LogP contribution in [0.25, 0.3) is 0 Å². The van der Waals surface area contributed by atoms with Gasteiger partial charge in [0.15, 0.2) is 11.6 Å². The van der Waals surface area contributed by atoms with Crippen LogP contribution in [0.2, 0.25) is 0 Å². The molecular weight excluding hydrogens is 298 g/mol. The van der Waals surface area contributed by atoms with Gasteiger partial charge in [-0.25, -0.2) is 13.7 Å². The highest BCUT2D eigenvalue weighted by Gasteiger charge is 2.35. The van der Waals surface area contributed by atoms with Crippen LogP contribution in [0.15, 0.2) is 12.1 Å². The number of benzene rings is 1. The SMILES string of the molecule is Cc1ccc(C(OO)C2CCC(C3CCCC3)CC2)c(F)c1F. The van der Waals surface area contributed by atoms with Gasteiger partial charge >= 0.3 is 0 Å². The van der Waals surface area contributed by atoms with Crippen LogP contribution in [-0.4, -0.2) is 5.26 Å². The van der Waals surface area contributed by atoms with Gasteiger partial charge in [0.1, 0.15) is 6.10 Å². The molecule has 1 atom stereocenters. The zero-order chi connectivity index (χ0) is 16.4. The summed E-state index contributed by atoms with van der Waals surface area (Å²) in [6.45, 7) is 1.53. The first-order valence-electron chi connectivity index (χ1n) is 8.86. The fraction of sp³-hybridized carbons (Fsp3) is 0.684. The number of aryl methyl sites for hydroxylation is 1. The second-order valence-electron chi connectivity index (χ2n) is 7.35. The van der Waals surface area contributed by atoms with Gasteiger partial charge in [-0.05, 0) is 55.9 Å². The van der Waals surface area contributed by atoms with Crippen molar-refractivity contribution in [1.82, 2.24) is 0 Å². The normalized spacial score (nSPS) is 27.3. The Kier molecular flexibility index (Phi) is 5.32. The molecule has 0 heterocycles. The molecular formula is C19H26F2O2. The number of rotatable bonds is 4. The smallest absolute Gasteiger partial charge is 0.165 e. The second kappa shape index (κ2) is 7.27. The van der Waals surface area contributed by atoms with Crippen LogP contribution in [0.1, 0.15) is 68.6 Å². The van der Waals surface area contributed by atoms with E-state index in [1.165, 1.54) is 38.7 Å². The topological polar surface area (TPSA) is 29.5 Å². The molecule has 2 aliphatic carbocycles. The average molecular weight is 324 g/mol. The molecule has 0 spiro atoms. The van der Waals surface area contributed by atoms with E-state index in [1.54, 1.807) is 6.07 Å². The molecule has 0 amide bonds. The molecule has 1 unspecified atom stereocenters. The molecule has 2 nitrogen and oxygen atoms in total. The summed E-state index contributed by atoms with van der Waals surface area (Å²) in [5, 5.41) is 9.30. The lowest BCUT2D eigenvalue weighted by Crippen LogP contribution is -2.25. The summed E-state index contributed by atoms with van der Waals surface area (Å²) in [4.78, 5) is 4.61. The molecule has 0 aliphatic heterocycles. The zero-order valence-electron chi connectivity index (χ0n) is 13.7. The van der Waals surface area contributed by atoms with Crippen LogP contribution in [0.4, 0.5) is 8.78 Å². The highest BCUT2D eigenvalue weighted by Crippen LogP contribution is 2.45. The summed E-state index contributed by atoms with van der Waals surface area (Å²) in [5.41, 5.74) is 0.410. The lowest BCUT2D eigenvalue weighted by Gasteiger charge is -2.35. The third-order valence-corrected chi connectivity index (χ3v) is 6.04. The fourth-order valence-electron chi connectivity index (χ4n) is 4.63. The molecule has 23 heavy (non-hydrogen) atoms. The largest absolute Gasteiger partial charge is 0.251 e. The quantitative estimate of drug-likeness (QED) is 0.560. The minimum Gasteiger partial charge on any atom is -0.251 e. The molecule has 2 fully saturated rings. The molecule has 2 aliphatic rings. The van der Waals surface area contributed by atoms with Gasteiger partial charge in [-0.15, -0.1) is 0 Å². The lowest BCUT2D eigenvalue weighted by molar-refractivity contribution is -0.297. The average Bonchev–Trinajstić information content (AvgIpc) is 3.10. The van der Waals surface area contributed by atoms with E-state index in [4.69, 9.17) is 0 Å². The highest BCUT2D eigenvalue weighted by molar-refractivity contribution is 5.27. The molecule has 0 radical (unpaired) electrons. The van der Waals surface area contributed by atoms with E-state index in [0.717, 1.165) is 37.5 Å². The molecule has 4 heteroatoms. The molecule has 0 bridgehead atoms. The summed E-state index contributed by atoms with van der Waals surface area (Å²) < 4.78 is 28.0. The summed E-state index contributed by atoms with van der Waals surface area (Å²) in [7, 11) is 0. The predicted octanol–water partition coefficient (Wildman–Crippen LogP) is 5.80. The van der Waals surface area contributed by atoms with Gasteiger partial charge < -0.3 is 0 Å². The van der Waals surface area contributed by atoms with Crippen LogP contribution in [-0.2, 0) is 4.89 Å². The Hall–Kier alpha value is -1.00. The molecule has 3 rings (SSSR count). The number of hydrogen-bond donors (Lipinski definition) is 1. The second-order valence-corrected chi connectivity index (χ2v) is 7.35. The summed E-state index contributed by atoms with van der Waals surface area (Å²) in [5.74, 6) is -0.0777. The Labute approximate surface area is 136 Å². The van der Waals surface area contributed by atoms with Crippen LogP contribution in [0.5, 0.6) is 0 Å². The van der Waals surface area contributed by atoms with E-state index in [0.29, 0.717) is 0 Å².